The van der Waals surface area contributed by atoms with Crippen molar-refractivity contribution in [1.29, 1.82) is 0 Å². The van der Waals surface area contributed by atoms with Gasteiger partial charge in [0.25, 0.3) is 0 Å². The molecule has 2 fully saturated rings. The van der Waals surface area contributed by atoms with Gasteiger partial charge in [-0.05, 0) is 39.0 Å². The number of ether oxygens (including phenoxy) is 1. The highest BCUT2D eigenvalue weighted by atomic mass is 16.5. The summed E-state index contributed by atoms with van der Waals surface area (Å²) in [7, 11) is 0. The molecule has 1 saturated heterocycles. The predicted molar refractivity (Wildman–Crippen MR) is 63.3 cm³/mol. The van der Waals surface area contributed by atoms with Gasteiger partial charge in [-0.3, -0.25) is 4.79 Å². The van der Waals surface area contributed by atoms with E-state index in [0.717, 1.165) is 45.1 Å². The first-order valence-electron chi connectivity index (χ1n) is 6.71. The number of hydrogen-bond acceptors (Lipinski definition) is 3. The van der Waals surface area contributed by atoms with Crippen molar-refractivity contribution < 1.29 is 14.3 Å². The van der Waals surface area contributed by atoms with Crippen LogP contribution in [-0.4, -0.2) is 36.0 Å². The summed E-state index contributed by atoms with van der Waals surface area (Å²) in [6.07, 6.45) is 5.91. The molecule has 2 aliphatic rings. The quantitative estimate of drug-likeness (QED) is 0.705. The molecule has 0 aromatic heterocycles. The first-order chi connectivity index (χ1) is 8.24. The average Bonchev–Trinajstić information content (AvgIpc) is 2.27. The molecular formula is C13H21NO3. The van der Waals surface area contributed by atoms with Gasteiger partial charge in [0.05, 0.1) is 6.61 Å². The zero-order valence-electron chi connectivity index (χ0n) is 10.5. The van der Waals surface area contributed by atoms with Gasteiger partial charge in [0, 0.05) is 12.5 Å². The van der Waals surface area contributed by atoms with Gasteiger partial charge in [-0.15, -0.1) is 0 Å². The molecule has 1 atom stereocenters. The molecule has 0 radical (unpaired) electrons. The molecule has 1 saturated carbocycles. The van der Waals surface area contributed by atoms with Crippen molar-refractivity contribution in [3.63, 3.8) is 0 Å². The van der Waals surface area contributed by atoms with Crippen LogP contribution >= 0.6 is 0 Å². The monoisotopic (exact) mass is 239 g/mol. The maximum Gasteiger partial charge on any atom is 0.328 e. The second-order valence-electron chi connectivity index (χ2n) is 4.92. The summed E-state index contributed by atoms with van der Waals surface area (Å²) in [6.45, 7) is 2.92. The zero-order chi connectivity index (χ0) is 12.3. The molecule has 1 amide bonds. The van der Waals surface area contributed by atoms with E-state index in [-0.39, 0.29) is 23.8 Å². The van der Waals surface area contributed by atoms with Crippen molar-refractivity contribution in [2.45, 2.75) is 51.5 Å². The van der Waals surface area contributed by atoms with Crippen LogP contribution in [0.4, 0.5) is 0 Å². The molecule has 1 unspecified atom stereocenters. The highest BCUT2D eigenvalue weighted by Crippen LogP contribution is 2.31. The molecule has 4 nitrogen and oxygen atoms in total. The van der Waals surface area contributed by atoms with E-state index in [1.165, 1.54) is 0 Å². The minimum atomic E-state index is -0.322. The minimum absolute atomic E-state index is 0.171. The Morgan fingerprint density at radius 1 is 1.18 bits per heavy atom. The van der Waals surface area contributed by atoms with Crippen molar-refractivity contribution >= 4 is 11.9 Å². The zero-order valence-corrected chi connectivity index (χ0v) is 10.5. The fourth-order valence-electron chi connectivity index (χ4n) is 2.57. The lowest BCUT2D eigenvalue weighted by atomic mass is 9.83. The molecular weight excluding hydrogens is 218 g/mol. The first kappa shape index (κ1) is 12.4. The Labute approximate surface area is 102 Å². The third-order valence-corrected chi connectivity index (χ3v) is 3.80. The van der Waals surface area contributed by atoms with Gasteiger partial charge in [0.2, 0.25) is 5.91 Å². The van der Waals surface area contributed by atoms with Crippen LogP contribution in [0, 0.1) is 5.92 Å². The number of amides is 1. The summed E-state index contributed by atoms with van der Waals surface area (Å²) in [5.74, 6) is 0.124. The summed E-state index contributed by atoms with van der Waals surface area (Å²) >= 11 is 0. The van der Waals surface area contributed by atoms with Crippen LogP contribution in [0.15, 0.2) is 0 Å². The van der Waals surface area contributed by atoms with Gasteiger partial charge in [-0.25, -0.2) is 4.79 Å². The van der Waals surface area contributed by atoms with Crippen LogP contribution in [0.3, 0.4) is 0 Å². The Bertz CT molecular complexity index is 299. The summed E-state index contributed by atoms with van der Waals surface area (Å²) in [4.78, 5) is 25.8. The maximum absolute atomic E-state index is 12.2. The van der Waals surface area contributed by atoms with Crippen LogP contribution in [0.1, 0.15) is 45.4 Å². The van der Waals surface area contributed by atoms with E-state index in [9.17, 15) is 9.59 Å². The third kappa shape index (κ3) is 2.61. The number of hydrogen-bond donors (Lipinski definition) is 0. The highest BCUT2D eigenvalue weighted by Gasteiger charge is 2.37. The predicted octanol–water partition coefficient (Wildman–Crippen LogP) is 1.73. The van der Waals surface area contributed by atoms with Crippen molar-refractivity contribution in [3.05, 3.63) is 0 Å². The van der Waals surface area contributed by atoms with Gasteiger partial charge < -0.3 is 9.64 Å². The lowest BCUT2D eigenvalue weighted by Gasteiger charge is -2.38. The number of rotatable bonds is 3. The third-order valence-electron chi connectivity index (χ3n) is 3.80. The Morgan fingerprint density at radius 3 is 2.53 bits per heavy atom. The SMILES string of the molecule is CCOC(=O)C1CCCCN1C(=O)C1CCC1. The average molecular weight is 239 g/mol. The molecule has 1 heterocycles. The largest absolute Gasteiger partial charge is 0.464 e. The number of carbonyl (C=O) groups excluding carboxylic acids is 2. The summed E-state index contributed by atoms with van der Waals surface area (Å²) < 4.78 is 5.06. The second-order valence-corrected chi connectivity index (χ2v) is 4.92. The number of esters is 1. The molecule has 0 bridgehead atoms. The summed E-state index contributed by atoms with van der Waals surface area (Å²) in [6, 6.07) is -0.322. The van der Waals surface area contributed by atoms with E-state index in [4.69, 9.17) is 4.74 Å². The number of piperidine rings is 1. The fraction of sp³-hybridized carbons (Fsp3) is 0.846. The molecule has 4 heteroatoms. The Balaban J connectivity index is 2.00. The lowest BCUT2D eigenvalue weighted by molar-refractivity contribution is -0.159. The fourth-order valence-corrected chi connectivity index (χ4v) is 2.57. The van der Waals surface area contributed by atoms with Crippen LogP contribution in [-0.2, 0) is 14.3 Å². The van der Waals surface area contributed by atoms with Crippen LogP contribution in [0.2, 0.25) is 0 Å². The smallest absolute Gasteiger partial charge is 0.328 e. The van der Waals surface area contributed by atoms with Crippen molar-refractivity contribution in [3.8, 4) is 0 Å². The van der Waals surface area contributed by atoms with E-state index >= 15 is 0 Å². The molecule has 0 N–H and O–H groups in total. The molecule has 17 heavy (non-hydrogen) atoms. The number of carbonyl (C=O) groups is 2. The minimum Gasteiger partial charge on any atom is -0.464 e. The Kier molecular flexibility index (Phi) is 4.02. The summed E-state index contributed by atoms with van der Waals surface area (Å²) in [5, 5.41) is 0. The van der Waals surface area contributed by atoms with E-state index < -0.39 is 0 Å². The topological polar surface area (TPSA) is 46.6 Å². The van der Waals surface area contributed by atoms with Crippen molar-refractivity contribution in [1.82, 2.24) is 4.90 Å². The van der Waals surface area contributed by atoms with Crippen molar-refractivity contribution in [2.75, 3.05) is 13.2 Å². The van der Waals surface area contributed by atoms with Crippen LogP contribution in [0.25, 0.3) is 0 Å². The van der Waals surface area contributed by atoms with E-state index in [1.807, 2.05) is 0 Å². The molecule has 96 valence electrons. The van der Waals surface area contributed by atoms with Crippen LogP contribution in [0.5, 0.6) is 0 Å². The number of likely N-dealkylation sites (tertiary alicyclic amines) is 1. The first-order valence-corrected chi connectivity index (χ1v) is 6.71. The molecule has 0 spiro atoms. The second kappa shape index (κ2) is 5.52. The van der Waals surface area contributed by atoms with Crippen molar-refractivity contribution in [2.24, 2.45) is 5.92 Å². The van der Waals surface area contributed by atoms with Crippen LogP contribution < -0.4 is 0 Å². The van der Waals surface area contributed by atoms with Gasteiger partial charge in [-0.1, -0.05) is 6.42 Å². The molecule has 0 aromatic rings. The van der Waals surface area contributed by atoms with Gasteiger partial charge >= 0.3 is 5.97 Å². The van der Waals surface area contributed by atoms with E-state index in [1.54, 1.807) is 11.8 Å². The van der Waals surface area contributed by atoms with Gasteiger partial charge in [0.15, 0.2) is 0 Å². The summed E-state index contributed by atoms with van der Waals surface area (Å²) in [5.41, 5.74) is 0. The van der Waals surface area contributed by atoms with Gasteiger partial charge in [0.1, 0.15) is 6.04 Å². The normalized spacial score (nSPS) is 25.2. The molecule has 0 aromatic carbocycles. The highest BCUT2D eigenvalue weighted by molar-refractivity contribution is 5.86. The lowest BCUT2D eigenvalue weighted by Crippen LogP contribution is -2.51. The number of nitrogens with zero attached hydrogens (tertiary/aromatic N) is 1. The Hall–Kier alpha value is -1.06. The molecule has 1 aliphatic carbocycles. The van der Waals surface area contributed by atoms with E-state index in [0.29, 0.717) is 6.61 Å². The van der Waals surface area contributed by atoms with Gasteiger partial charge in [-0.2, -0.15) is 0 Å². The molecule has 2 rings (SSSR count). The maximum atomic E-state index is 12.2. The standard InChI is InChI=1S/C13H21NO3/c1-2-17-13(16)11-8-3-4-9-14(11)12(15)10-6-5-7-10/h10-11H,2-9H2,1H3. The molecule has 1 aliphatic heterocycles. The van der Waals surface area contributed by atoms with E-state index in [2.05, 4.69) is 0 Å². The Morgan fingerprint density at radius 2 is 1.94 bits per heavy atom.